The summed E-state index contributed by atoms with van der Waals surface area (Å²) in [5.74, 6) is 0.991. The van der Waals surface area contributed by atoms with Gasteiger partial charge in [-0.15, -0.1) is 0 Å². The summed E-state index contributed by atoms with van der Waals surface area (Å²) in [6.45, 7) is 1.46. The van der Waals surface area contributed by atoms with Gasteiger partial charge in [-0.2, -0.15) is 0 Å². The second-order valence-electron chi connectivity index (χ2n) is 5.68. The van der Waals surface area contributed by atoms with Crippen molar-refractivity contribution >= 4 is 5.69 Å². The predicted molar refractivity (Wildman–Crippen MR) is 88.7 cm³/mol. The molecular weight excluding hydrogens is 288 g/mol. The van der Waals surface area contributed by atoms with Gasteiger partial charge in [-0.1, -0.05) is 41.6 Å². The molecule has 0 aliphatic carbocycles. The maximum atomic E-state index is 5.61. The molecule has 2 heterocycles. The number of nitrogens with zero attached hydrogens (tertiary/aromatic N) is 1. The molecule has 0 bridgehead atoms. The number of aromatic nitrogens is 1. The highest BCUT2D eigenvalue weighted by Crippen LogP contribution is 2.31. The van der Waals surface area contributed by atoms with Crippen LogP contribution in [0.15, 0.2) is 59.3 Å². The van der Waals surface area contributed by atoms with Crippen molar-refractivity contribution in [2.75, 3.05) is 11.9 Å². The van der Waals surface area contributed by atoms with E-state index in [1.165, 1.54) is 11.1 Å². The van der Waals surface area contributed by atoms with Gasteiger partial charge in [0.05, 0.1) is 12.3 Å². The highest BCUT2D eigenvalue weighted by molar-refractivity contribution is 5.59. The minimum Gasteiger partial charge on any atom is -0.493 e. The summed E-state index contributed by atoms with van der Waals surface area (Å²) in [5.41, 5.74) is 5.69. The number of fused-ring (bicyclic) bond motifs is 1. The standard InChI is InChI=1S/C19H18N2O2/c1-2-5-14(6-3-1)11-18-15(13-23-21-18)12-20-17-7-4-8-19-16(17)9-10-22-19/h1-8,13,20H,9-12H2. The van der Waals surface area contributed by atoms with Crippen LogP contribution in [0.3, 0.4) is 0 Å². The maximum Gasteiger partial charge on any atom is 0.129 e. The van der Waals surface area contributed by atoms with Crippen molar-refractivity contribution in [3.63, 3.8) is 0 Å². The van der Waals surface area contributed by atoms with Gasteiger partial charge in [0.25, 0.3) is 0 Å². The van der Waals surface area contributed by atoms with E-state index in [0.29, 0.717) is 6.54 Å². The first-order valence-electron chi connectivity index (χ1n) is 7.85. The molecule has 1 aromatic heterocycles. The molecule has 0 amide bonds. The Morgan fingerprint density at radius 2 is 1.96 bits per heavy atom. The van der Waals surface area contributed by atoms with Crippen molar-refractivity contribution in [1.82, 2.24) is 5.16 Å². The second-order valence-corrected chi connectivity index (χ2v) is 5.68. The Labute approximate surface area is 135 Å². The molecule has 23 heavy (non-hydrogen) atoms. The lowest BCUT2D eigenvalue weighted by atomic mass is 10.1. The van der Waals surface area contributed by atoms with Gasteiger partial charge in [0.1, 0.15) is 12.0 Å². The van der Waals surface area contributed by atoms with Crippen LogP contribution in [0.25, 0.3) is 0 Å². The summed E-state index contributed by atoms with van der Waals surface area (Å²) in [5, 5.41) is 7.65. The van der Waals surface area contributed by atoms with Gasteiger partial charge in [-0.3, -0.25) is 0 Å². The Hall–Kier alpha value is -2.75. The third-order valence-corrected chi connectivity index (χ3v) is 4.15. The van der Waals surface area contributed by atoms with Gasteiger partial charge in [-0.25, -0.2) is 0 Å². The van der Waals surface area contributed by atoms with Crippen LogP contribution in [0.2, 0.25) is 0 Å². The molecule has 0 radical (unpaired) electrons. The molecule has 1 aliphatic heterocycles. The minimum absolute atomic E-state index is 0.697. The SMILES string of the molecule is c1ccc(Cc2nocc2CNc2cccc3c2CCO3)cc1. The van der Waals surface area contributed by atoms with E-state index >= 15 is 0 Å². The first-order chi connectivity index (χ1) is 11.4. The van der Waals surface area contributed by atoms with Crippen molar-refractivity contribution in [3.05, 3.63) is 77.2 Å². The second kappa shape index (κ2) is 6.16. The number of hydrogen-bond donors (Lipinski definition) is 1. The van der Waals surface area contributed by atoms with Crippen molar-refractivity contribution in [2.45, 2.75) is 19.4 Å². The van der Waals surface area contributed by atoms with E-state index in [0.717, 1.165) is 42.1 Å². The number of rotatable bonds is 5. The molecule has 116 valence electrons. The first-order valence-corrected chi connectivity index (χ1v) is 7.85. The minimum atomic E-state index is 0.697. The molecule has 1 aliphatic rings. The Morgan fingerprint density at radius 1 is 1.04 bits per heavy atom. The van der Waals surface area contributed by atoms with Crippen LogP contribution in [0.1, 0.15) is 22.4 Å². The normalized spacial score (nSPS) is 12.7. The zero-order valence-corrected chi connectivity index (χ0v) is 12.8. The molecule has 0 saturated carbocycles. The molecular formula is C19H18N2O2. The fourth-order valence-corrected chi connectivity index (χ4v) is 2.94. The molecule has 2 aromatic carbocycles. The van der Waals surface area contributed by atoms with Gasteiger partial charge < -0.3 is 14.6 Å². The highest BCUT2D eigenvalue weighted by Gasteiger charge is 2.16. The molecule has 4 nitrogen and oxygen atoms in total. The molecule has 0 unspecified atom stereocenters. The van der Waals surface area contributed by atoms with Crippen LogP contribution in [0, 0.1) is 0 Å². The zero-order valence-electron chi connectivity index (χ0n) is 12.8. The van der Waals surface area contributed by atoms with E-state index in [4.69, 9.17) is 9.26 Å². The lowest BCUT2D eigenvalue weighted by molar-refractivity contribution is 0.357. The van der Waals surface area contributed by atoms with Crippen molar-refractivity contribution < 1.29 is 9.26 Å². The van der Waals surface area contributed by atoms with Crippen LogP contribution in [-0.2, 0) is 19.4 Å². The Balaban J connectivity index is 1.48. The Bertz CT molecular complexity index is 796. The summed E-state index contributed by atoms with van der Waals surface area (Å²) >= 11 is 0. The molecule has 0 atom stereocenters. The van der Waals surface area contributed by atoms with Crippen molar-refractivity contribution in [1.29, 1.82) is 0 Å². The Morgan fingerprint density at radius 3 is 2.87 bits per heavy atom. The topological polar surface area (TPSA) is 47.3 Å². The summed E-state index contributed by atoms with van der Waals surface area (Å²) in [4.78, 5) is 0. The van der Waals surface area contributed by atoms with Crippen LogP contribution in [0.5, 0.6) is 5.75 Å². The summed E-state index contributed by atoms with van der Waals surface area (Å²) < 4.78 is 10.8. The highest BCUT2D eigenvalue weighted by atomic mass is 16.5. The number of benzene rings is 2. The van der Waals surface area contributed by atoms with Gasteiger partial charge in [0, 0.05) is 36.2 Å². The summed E-state index contributed by atoms with van der Waals surface area (Å²) in [6.07, 6.45) is 3.47. The average Bonchev–Trinajstić information content (AvgIpc) is 3.23. The number of ether oxygens (including phenoxy) is 1. The number of hydrogen-bond acceptors (Lipinski definition) is 4. The van der Waals surface area contributed by atoms with Crippen LogP contribution < -0.4 is 10.1 Å². The molecule has 4 rings (SSSR count). The number of anilines is 1. The molecule has 0 fully saturated rings. The lowest BCUT2D eigenvalue weighted by Crippen LogP contribution is -2.04. The van der Waals surface area contributed by atoms with Gasteiger partial charge in [0.15, 0.2) is 0 Å². The van der Waals surface area contributed by atoms with Crippen LogP contribution >= 0.6 is 0 Å². The van der Waals surface area contributed by atoms with Crippen molar-refractivity contribution in [2.24, 2.45) is 0 Å². The molecule has 0 saturated heterocycles. The largest absolute Gasteiger partial charge is 0.493 e. The maximum absolute atomic E-state index is 5.61. The van der Waals surface area contributed by atoms with Gasteiger partial charge >= 0.3 is 0 Å². The van der Waals surface area contributed by atoms with Crippen LogP contribution in [0.4, 0.5) is 5.69 Å². The predicted octanol–water partition coefficient (Wildman–Crippen LogP) is 3.81. The Kier molecular flexibility index (Phi) is 3.72. The van der Waals surface area contributed by atoms with E-state index in [1.807, 2.05) is 30.3 Å². The van der Waals surface area contributed by atoms with E-state index in [-0.39, 0.29) is 0 Å². The van der Waals surface area contributed by atoms with Crippen molar-refractivity contribution in [3.8, 4) is 5.75 Å². The van der Waals surface area contributed by atoms with E-state index in [9.17, 15) is 0 Å². The van der Waals surface area contributed by atoms with E-state index in [2.05, 4.69) is 28.7 Å². The molecule has 3 aromatic rings. The van der Waals surface area contributed by atoms with Crippen LogP contribution in [-0.4, -0.2) is 11.8 Å². The first kappa shape index (κ1) is 13.9. The van der Waals surface area contributed by atoms with Gasteiger partial charge in [0.2, 0.25) is 0 Å². The molecule has 0 spiro atoms. The van der Waals surface area contributed by atoms with Gasteiger partial charge in [-0.05, 0) is 17.7 Å². The summed E-state index contributed by atoms with van der Waals surface area (Å²) in [6, 6.07) is 16.4. The fraction of sp³-hybridized carbons (Fsp3) is 0.211. The summed E-state index contributed by atoms with van der Waals surface area (Å²) in [7, 11) is 0. The van der Waals surface area contributed by atoms with E-state index < -0.39 is 0 Å². The monoisotopic (exact) mass is 306 g/mol. The van der Waals surface area contributed by atoms with E-state index in [1.54, 1.807) is 6.26 Å². The lowest BCUT2D eigenvalue weighted by Gasteiger charge is -2.10. The third-order valence-electron chi connectivity index (χ3n) is 4.15. The molecule has 1 N–H and O–H groups in total. The smallest absolute Gasteiger partial charge is 0.129 e. The number of nitrogens with one attached hydrogen (secondary N) is 1. The average molecular weight is 306 g/mol. The third kappa shape index (κ3) is 2.93. The fourth-order valence-electron chi connectivity index (χ4n) is 2.94. The molecule has 4 heteroatoms. The zero-order chi connectivity index (χ0) is 15.5. The quantitative estimate of drug-likeness (QED) is 0.778.